The van der Waals surface area contributed by atoms with Crippen LogP contribution in [-0.4, -0.2) is 41.6 Å². The van der Waals surface area contributed by atoms with Gasteiger partial charge in [0, 0.05) is 32.2 Å². The van der Waals surface area contributed by atoms with Gasteiger partial charge in [0.15, 0.2) is 5.96 Å². The number of para-hydroxylation sites is 1. The van der Waals surface area contributed by atoms with Crippen LogP contribution in [0.3, 0.4) is 0 Å². The molecular formula is C20H29IN4O3S. The summed E-state index contributed by atoms with van der Waals surface area (Å²) in [6.45, 7) is 4.84. The van der Waals surface area contributed by atoms with E-state index in [4.69, 9.17) is 4.74 Å². The molecular weight excluding hydrogens is 503 g/mol. The van der Waals surface area contributed by atoms with Gasteiger partial charge in [-0.25, -0.2) is 13.1 Å². The minimum absolute atomic E-state index is 0. The third-order valence-corrected chi connectivity index (χ3v) is 5.81. The SMILES string of the molecule is CN=C(NCCNS(=O)(=O)c1cc(C)ccc1C)NCc1ccccc1OC.I. The number of methoxy groups -OCH3 is 1. The number of aliphatic imine (C=N–C) groups is 1. The second kappa shape index (κ2) is 12.0. The van der Waals surface area contributed by atoms with Crippen molar-refractivity contribution in [3.63, 3.8) is 0 Å². The van der Waals surface area contributed by atoms with E-state index in [9.17, 15) is 8.42 Å². The van der Waals surface area contributed by atoms with Gasteiger partial charge in [-0.2, -0.15) is 0 Å². The summed E-state index contributed by atoms with van der Waals surface area (Å²) in [6.07, 6.45) is 0. The predicted octanol–water partition coefficient (Wildman–Crippen LogP) is 2.57. The number of nitrogens with zero attached hydrogens (tertiary/aromatic N) is 1. The largest absolute Gasteiger partial charge is 0.496 e. The molecule has 0 aliphatic carbocycles. The van der Waals surface area contributed by atoms with E-state index in [2.05, 4.69) is 20.3 Å². The molecule has 0 bridgehead atoms. The monoisotopic (exact) mass is 532 g/mol. The number of aryl methyl sites for hydroxylation is 2. The summed E-state index contributed by atoms with van der Waals surface area (Å²) in [7, 11) is -0.252. The van der Waals surface area contributed by atoms with Crippen LogP contribution < -0.4 is 20.1 Å². The van der Waals surface area contributed by atoms with E-state index >= 15 is 0 Å². The molecule has 0 saturated heterocycles. The average molecular weight is 532 g/mol. The molecule has 7 nitrogen and oxygen atoms in total. The first-order valence-corrected chi connectivity index (χ1v) is 10.5. The van der Waals surface area contributed by atoms with E-state index in [0.29, 0.717) is 23.9 Å². The number of hydrogen-bond acceptors (Lipinski definition) is 4. The first-order valence-electron chi connectivity index (χ1n) is 9.00. The van der Waals surface area contributed by atoms with E-state index in [-0.39, 0.29) is 30.5 Å². The fourth-order valence-corrected chi connectivity index (χ4v) is 4.05. The fraction of sp³-hybridized carbons (Fsp3) is 0.350. The Labute approximate surface area is 190 Å². The molecule has 0 spiro atoms. The maximum atomic E-state index is 12.5. The molecule has 9 heteroatoms. The van der Waals surface area contributed by atoms with Crippen molar-refractivity contribution in [2.45, 2.75) is 25.3 Å². The lowest BCUT2D eigenvalue weighted by Gasteiger charge is -2.14. The van der Waals surface area contributed by atoms with Crippen LogP contribution in [0.25, 0.3) is 0 Å². The summed E-state index contributed by atoms with van der Waals surface area (Å²) in [4.78, 5) is 4.46. The molecule has 0 amide bonds. The van der Waals surface area contributed by atoms with Crippen LogP contribution >= 0.6 is 24.0 Å². The average Bonchev–Trinajstić information content (AvgIpc) is 2.69. The molecule has 2 aromatic carbocycles. The van der Waals surface area contributed by atoms with Crippen LogP contribution in [0.2, 0.25) is 0 Å². The van der Waals surface area contributed by atoms with Gasteiger partial charge in [-0.1, -0.05) is 30.3 Å². The minimum Gasteiger partial charge on any atom is -0.496 e. The van der Waals surface area contributed by atoms with E-state index in [1.807, 2.05) is 43.3 Å². The number of ether oxygens (including phenoxy) is 1. The number of guanidine groups is 1. The molecule has 2 rings (SSSR count). The van der Waals surface area contributed by atoms with Crippen molar-refractivity contribution in [2.24, 2.45) is 4.99 Å². The van der Waals surface area contributed by atoms with Gasteiger partial charge in [-0.05, 0) is 37.1 Å². The minimum atomic E-state index is -3.55. The summed E-state index contributed by atoms with van der Waals surface area (Å²) in [5.41, 5.74) is 2.63. The molecule has 0 saturated carbocycles. The smallest absolute Gasteiger partial charge is 0.240 e. The van der Waals surface area contributed by atoms with E-state index in [0.717, 1.165) is 22.4 Å². The first-order chi connectivity index (χ1) is 13.4. The zero-order valence-electron chi connectivity index (χ0n) is 17.2. The second-order valence-electron chi connectivity index (χ2n) is 6.33. The summed E-state index contributed by atoms with van der Waals surface area (Å²) in [5.74, 6) is 1.38. The Balaban J connectivity index is 0.00000420. The Morgan fingerprint density at radius 3 is 2.48 bits per heavy atom. The van der Waals surface area contributed by atoms with Gasteiger partial charge < -0.3 is 15.4 Å². The van der Waals surface area contributed by atoms with Gasteiger partial charge in [0.05, 0.1) is 12.0 Å². The molecule has 0 fully saturated rings. The summed E-state index contributed by atoms with van der Waals surface area (Å²) < 4.78 is 33.0. The molecule has 0 unspecified atom stereocenters. The Morgan fingerprint density at radius 2 is 1.79 bits per heavy atom. The number of rotatable bonds is 8. The highest BCUT2D eigenvalue weighted by Crippen LogP contribution is 2.17. The van der Waals surface area contributed by atoms with Crippen molar-refractivity contribution in [3.8, 4) is 5.75 Å². The van der Waals surface area contributed by atoms with E-state index in [1.54, 1.807) is 27.1 Å². The number of halogens is 1. The van der Waals surface area contributed by atoms with Crippen molar-refractivity contribution in [3.05, 3.63) is 59.2 Å². The maximum absolute atomic E-state index is 12.5. The molecule has 0 atom stereocenters. The first kappa shape index (κ1) is 25.2. The lowest BCUT2D eigenvalue weighted by Crippen LogP contribution is -2.41. The Hall–Kier alpha value is -1.85. The summed E-state index contributed by atoms with van der Waals surface area (Å²) >= 11 is 0. The number of sulfonamides is 1. The molecule has 0 radical (unpaired) electrons. The maximum Gasteiger partial charge on any atom is 0.240 e. The molecule has 0 aliphatic heterocycles. The topological polar surface area (TPSA) is 91.8 Å². The standard InChI is InChI=1S/C20H28N4O3S.HI/c1-15-9-10-16(2)19(13-15)28(25,26)24-12-11-22-20(21-3)23-14-17-7-5-6-8-18(17)27-4;/h5-10,13,24H,11-12,14H2,1-4H3,(H2,21,22,23);1H. The molecule has 29 heavy (non-hydrogen) atoms. The zero-order valence-corrected chi connectivity index (χ0v) is 20.3. The third kappa shape index (κ3) is 7.48. The third-order valence-electron chi connectivity index (χ3n) is 4.21. The van der Waals surface area contributed by atoms with Crippen molar-refractivity contribution >= 4 is 40.0 Å². The lowest BCUT2D eigenvalue weighted by atomic mass is 10.2. The summed E-state index contributed by atoms with van der Waals surface area (Å²) in [5, 5.41) is 6.29. The molecule has 160 valence electrons. The van der Waals surface area contributed by atoms with Gasteiger partial charge in [0.25, 0.3) is 0 Å². The van der Waals surface area contributed by atoms with Crippen molar-refractivity contribution < 1.29 is 13.2 Å². The molecule has 0 heterocycles. The Morgan fingerprint density at radius 1 is 1.07 bits per heavy atom. The van der Waals surface area contributed by atoms with Gasteiger partial charge in [0.2, 0.25) is 10.0 Å². The molecule has 0 aromatic heterocycles. The van der Waals surface area contributed by atoms with Crippen LogP contribution in [0.1, 0.15) is 16.7 Å². The van der Waals surface area contributed by atoms with Gasteiger partial charge >= 0.3 is 0 Å². The van der Waals surface area contributed by atoms with E-state index < -0.39 is 10.0 Å². The highest BCUT2D eigenvalue weighted by Gasteiger charge is 2.16. The van der Waals surface area contributed by atoms with E-state index in [1.165, 1.54) is 0 Å². The van der Waals surface area contributed by atoms with Crippen LogP contribution in [0, 0.1) is 13.8 Å². The van der Waals surface area contributed by atoms with Crippen LogP contribution in [-0.2, 0) is 16.6 Å². The molecule has 0 aliphatic rings. The van der Waals surface area contributed by atoms with Crippen molar-refractivity contribution in [1.82, 2.24) is 15.4 Å². The van der Waals surface area contributed by atoms with Crippen LogP contribution in [0.15, 0.2) is 52.4 Å². The Bertz CT molecular complexity index is 933. The van der Waals surface area contributed by atoms with Gasteiger partial charge in [0.1, 0.15) is 5.75 Å². The normalized spacial score (nSPS) is 11.5. The highest BCUT2D eigenvalue weighted by atomic mass is 127. The Kier molecular flexibility index (Phi) is 10.4. The number of nitrogens with one attached hydrogen (secondary N) is 3. The van der Waals surface area contributed by atoms with Crippen molar-refractivity contribution in [2.75, 3.05) is 27.2 Å². The quantitative estimate of drug-likeness (QED) is 0.211. The molecule has 3 N–H and O–H groups in total. The fourth-order valence-electron chi connectivity index (χ4n) is 2.69. The number of hydrogen-bond donors (Lipinski definition) is 3. The predicted molar refractivity (Wildman–Crippen MR) is 128 cm³/mol. The lowest BCUT2D eigenvalue weighted by molar-refractivity contribution is 0.409. The van der Waals surface area contributed by atoms with Crippen molar-refractivity contribution in [1.29, 1.82) is 0 Å². The second-order valence-corrected chi connectivity index (χ2v) is 8.07. The van der Waals surface area contributed by atoms with Crippen LogP contribution in [0.5, 0.6) is 5.75 Å². The van der Waals surface area contributed by atoms with Gasteiger partial charge in [-0.3, -0.25) is 4.99 Å². The van der Waals surface area contributed by atoms with Crippen LogP contribution in [0.4, 0.5) is 0 Å². The summed E-state index contributed by atoms with van der Waals surface area (Å²) in [6, 6.07) is 13.1. The number of benzene rings is 2. The van der Waals surface area contributed by atoms with Gasteiger partial charge in [-0.15, -0.1) is 24.0 Å². The molecule has 2 aromatic rings. The highest BCUT2D eigenvalue weighted by molar-refractivity contribution is 14.0. The zero-order chi connectivity index (χ0) is 20.6.